The van der Waals surface area contributed by atoms with Gasteiger partial charge in [0.25, 0.3) is 11.8 Å². The summed E-state index contributed by atoms with van der Waals surface area (Å²) in [6.07, 6.45) is 6.95. The van der Waals surface area contributed by atoms with Crippen LogP contribution in [0.25, 0.3) is 12.2 Å². The fourth-order valence-corrected chi connectivity index (χ4v) is 7.40. The van der Waals surface area contributed by atoms with Gasteiger partial charge in [-0.2, -0.15) is 0 Å². The molecule has 0 unspecified atom stereocenters. The van der Waals surface area contributed by atoms with E-state index in [2.05, 4.69) is 20.6 Å². The molecule has 240 valence electrons. The predicted molar refractivity (Wildman–Crippen MR) is 175 cm³/mol. The molecule has 2 aromatic rings. The number of hydrogen-bond acceptors (Lipinski definition) is 5. The van der Waals surface area contributed by atoms with Crippen LogP contribution in [0.15, 0.2) is 43.7 Å². The summed E-state index contributed by atoms with van der Waals surface area (Å²) in [5.41, 5.74) is 9.96. The number of aliphatic carboxylic acids is 2. The lowest BCUT2D eigenvalue weighted by atomic mass is 10.0. The minimum atomic E-state index is -0.907. The van der Waals surface area contributed by atoms with Gasteiger partial charge < -0.3 is 30.8 Å². The topological polar surface area (TPSA) is 164 Å². The Morgan fingerprint density at radius 2 is 1.00 bits per heavy atom. The zero-order valence-corrected chi connectivity index (χ0v) is 27.6. The Labute approximate surface area is 267 Å². The van der Waals surface area contributed by atoms with Gasteiger partial charge in [-0.1, -0.05) is 39.5 Å². The molecule has 0 bridgehead atoms. The predicted octanol–water partition coefficient (Wildman–Crippen LogP) is 6.32. The summed E-state index contributed by atoms with van der Waals surface area (Å²) >= 11 is 1.40. The van der Waals surface area contributed by atoms with Crippen molar-refractivity contribution in [3.05, 3.63) is 67.3 Å². The zero-order chi connectivity index (χ0) is 33.0. The Morgan fingerprint density at radius 1 is 0.644 bits per heavy atom. The average molecular weight is 635 g/mol. The first-order valence-corrected chi connectivity index (χ1v) is 16.3. The van der Waals surface area contributed by atoms with E-state index in [1.807, 2.05) is 53.7 Å². The number of carboxylic acid groups (broad SMARTS) is 2. The minimum Gasteiger partial charge on any atom is -0.481 e. The van der Waals surface area contributed by atoms with Crippen molar-refractivity contribution in [1.82, 2.24) is 20.6 Å². The van der Waals surface area contributed by atoms with Crippen molar-refractivity contribution in [1.29, 1.82) is 0 Å². The van der Waals surface area contributed by atoms with Gasteiger partial charge in [-0.3, -0.25) is 19.2 Å². The van der Waals surface area contributed by atoms with Crippen LogP contribution in [0.4, 0.5) is 0 Å². The highest BCUT2D eigenvalue weighted by Crippen LogP contribution is 2.39. The number of hydrogen-bond donors (Lipinski definition) is 6. The molecule has 0 saturated carbocycles. The maximum Gasteiger partial charge on any atom is 0.303 e. The summed E-state index contributed by atoms with van der Waals surface area (Å²) in [7, 11) is 0. The van der Waals surface area contributed by atoms with Crippen molar-refractivity contribution < 1.29 is 29.4 Å². The Kier molecular flexibility index (Phi) is 10.6. The zero-order valence-electron chi connectivity index (χ0n) is 26.7. The van der Waals surface area contributed by atoms with E-state index in [-0.39, 0.29) is 24.7 Å². The highest BCUT2D eigenvalue weighted by molar-refractivity contribution is 7.99. The lowest BCUT2D eigenvalue weighted by Gasteiger charge is -2.06. The molecule has 0 fully saturated rings. The van der Waals surface area contributed by atoms with Gasteiger partial charge in [0.2, 0.25) is 0 Å². The number of nitrogens with one attached hydrogen (secondary N) is 4. The number of aromatic amines is 2. The second-order valence-corrected chi connectivity index (χ2v) is 12.2. The molecule has 4 rings (SSSR count). The number of carboxylic acids is 2. The first-order valence-electron chi connectivity index (χ1n) is 15.5. The Hall–Kier alpha value is -4.25. The van der Waals surface area contributed by atoms with Crippen LogP contribution >= 0.6 is 11.8 Å². The third-order valence-corrected chi connectivity index (χ3v) is 9.66. The Balaban J connectivity index is 1.81. The second-order valence-electron chi connectivity index (χ2n) is 11.2. The van der Waals surface area contributed by atoms with Crippen LogP contribution in [0.1, 0.15) is 99.9 Å². The Morgan fingerprint density at radius 3 is 1.31 bits per heavy atom. The van der Waals surface area contributed by atoms with Crippen LogP contribution in [0.2, 0.25) is 0 Å². The third kappa shape index (κ3) is 7.03. The Bertz CT molecular complexity index is 1560. The number of amides is 2. The molecule has 2 aliphatic rings. The van der Waals surface area contributed by atoms with Crippen LogP contribution in [-0.2, 0) is 32.0 Å². The van der Waals surface area contributed by atoms with E-state index in [4.69, 9.17) is 0 Å². The quantitative estimate of drug-likeness (QED) is 0.142. The molecule has 0 atom stereocenters. The molecule has 4 heterocycles. The molecule has 10 nitrogen and oxygen atoms in total. The molecule has 0 spiro atoms. The molecule has 0 radical (unpaired) electrons. The molecule has 0 aliphatic carbocycles. The lowest BCUT2D eigenvalue weighted by Crippen LogP contribution is -2.16. The van der Waals surface area contributed by atoms with E-state index in [9.17, 15) is 29.4 Å². The molecule has 6 N–H and O–H groups in total. The first kappa shape index (κ1) is 33.6. The number of carbonyl (C=O) groups excluding carboxylic acids is 2. The van der Waals surface area contributed by atoms with Crippen molar-refractivity contribution in [2.75, 3.05) is 0 Å². The van der Waals surface area contributed by atoms with E-state index < -0.39 is 11.9 Å². The van der Waals surface area contributed by atoms with Crippen LogP contribution < -0.4 is 10.6 Å². The standard InChI is InChI=1S/C34H42N4O6S/c1-7-19-21(9-3)31(43)35-27(19)15-25-17(5)23(11-13-29(39)40)33(37-25)45-34-24(12-14-30(41)42)18(6)26(38-34)16-28-20(8-2)22(10-4)32(44)36-28/h15-16,37-38H,7-14H2,1-6H3,(H,35,43)(H,36,44)(H,39,40)(H,41,42)/b27-15+,28-16+. The van der Waals surface area contributed by atoms with Crippen molar-refractivity contribution in [2.45, 2.75) is 103 Å². The average Bonchev–Trinajstić information content (AvgIpc) is 3.66. The van der Waals surface area contributed by atoms with Crippen molar-refractivity contribution >= 4 is 47.7 Å². The number of carbonyl (C=O) groups is 4. The highest BCUT2D eigenvalue weighted by Gasteiger charge is 2.27. The van der Waals surface area contributed by atoms with Crippen molar-refractivity contribution in [3.8, 4) is 0 Å². The summed E-state index contributed by atoms with van der Waals surface area (Å²) in [5, 5.41) is 26.4. The maximum absolute atomic E-state index is 12.6. The second kappa shape index (κ2) is 14.2. The molecule has 45 heavy (non-hydrogen) atoms. The number of allylic oxidation sites excluding steroid dienone is 2. The van der Waals surface area contributed by atoms with Crippen molar-refractivity contribution in [3.63, 3.8) is 0 Å². The fraction of sp³-hybridized carbons (Fsp3) is 0.412. The van der Waals surface area contributed by atoms with E-state index in [1.165, 1.54) is 11.8 Å². The maximum atomic E-state index is 12.6. The smallest absolute Gasteiger partial charge is 0.303 e. The van der Waals surface area contributed by atoms with Gasteiger partial charge in [0.05, 0.1) is 10.1 Å². The van der Waals surface area contributed by atoms with Gasteiger partial charge in [-0.25, -0.2) is 0 Å². The number of H-pyrrole nitrogens is 2. The van der Waals surface area contributed by atoms with Gasteiger partial charge in [-0.05, 0) is 97.9 Å². The first-order chi connectivity index (χ1) is 21.4. The lowest BCUT2D eigenvalue weighted by molar-refractivity contribution is -0.138. The van der Waals surface area contributed by atoms with Gasteiger partial charge in [0, 0.05) is 46.8 Å². The van der Waals surface area contributed by atoms with Crippen molar-refractivity contribution in [2.24, 2.45) is 0 Å². The van der Waals surface area contributed by atoms with Crippen LogP contribution in [-0.4, -0.2) is 43.9 Å². The fourth-order valence-electron chi connectivity index (χ4n) is 6.12. The summed E-state index contributed by atoms with van der Waals surface area (Å²) in [6, 6.07) is 0. The van der Waals surface area contributed by atoms with E-state index in [0.29, 0.717) is 38.5 Å². The van der Waals surface area contributed by atoms with Gasteiger partial charge in [-0.15, -0.1) is 0 Å². The highest BCUT2D eigenvalue weighted by atomic mass is 32.2. The largest absolute Gasteiger partial charge is 0.481 e. The van der Waals surface area contributed by atoms with E-state index in [0.717, 1.165) is 77.4 Å². The number of rotatable bonds is 14. The number of aromatic nitrogens is 2. The van der Waals surface area contributed by atoms with Gasteiger partial charge >= 0.3 is 11.9 Å². The summed E-state index contributed by atoms with van der Waals surface area (Å²) in [6.45, 7) is 11.8. The van der Waals surface area contributed by atoms with Crippen LogP contribution in [0.5, 0.6) is 0 Å². The summed E-state index contributed by atoms with van der Waals surface area (Å²) < 4.78 is 0. The van der Waals surface area contributed by atoms with Crippen LogP contribution in [0.3, 0.4) is 0 Å². The summed E-state index contributed by atoms with van der Waals surface area (Å²) in [5.74, 6) is -2.00. The monoisotopic (exact) mass is 634 g/mol. The molecule has 2 aliphatic heterocycles. The van der Waals surface area contributed by atoms with Gasteiger partial charge in [0.1, 0.15) is 0 Å². The molecule has 2 amide bonds. The van der Waals surface area contributed by atoms with E-state index >= 15 is 0 Å². The summed E-state index contributed by atoms with van der Waals surface area (Å²) in [4.78, 5) is 55.3. The molecular weight excluding hydrogens is 592 g/mol. The molecule has 0 saturated heterocycles. The molecule has 11 heteroatoms. The normalized spacial score (nSPS) is 16.8. The molecule has 0 aromatic carbocycles. The van der Waals surface area contributed by atoms with Crippen LogP contribution in [0, 0.1) is 13.8 Å². The molecular formula is C34H42N4O6S. The minimum absolute atomic E-state index is 0.0579. The third-order valence-electron chi connectivity index (χ3n) is 8.55. The SMILES string of the molecule is CCC1=C(CC)/C(=C\c2[nH]c(Sc3[nH]c(/C=C4/NC(=O)C(CC)=C4CC)c(C)c3CCC(=O)O)c(CCC(=O)O)c2C)NC1=O. The van der Waals surface area contributed by atoms with Gasteiger partial charge in [0.15, 0.2) is 0 Å². The molecule has 2 aromatic heterocycles. The van der Waals surface area contributed by atoms with E-state index in [1.54, 1.807) is 0 Å².